The fourth-order valence-corrected chi connectivity index (χ4v) is 6.60. The molecular formula is C30H27N9O3. The van der Waals surface area contributed by atoms with E-state index in [0.29, 0.717) is 56.0 Å². The summed E-state index contributed by atoms with van der Waals surface area (Å²) < 4.78 is 7.60. The number of hydrogen-bond donors (Lipinski definition) is 2. The summed E-state index contributed by atoms with van der Waals surface area (Å²) in [6, 6.07) is 13.7. The molecule has 12 nitrogen and oxygen atoms in total. The average Bonchev–Trinajstić information content (AvgIpc) is 3.71. The fraction of sp³-hybridized carbons (Fsp3) is 0.300. The number of aromatic amines is 1. The fourth-order valence-electron chi connectivity index (χ4n) is 6.60. The second kappa shape index (κ2) is 9.84. The number of carbonyl (C=O) groups excluding carboxylic acids is 2. The minimum absolute atomic E-state index is 0.0379. The van der Waals surface area contributed by atoms with Crippen LogP contribution in [0.2, 0.25) is 0 Å². The Morgan fingerprint density at radius 1 is 0.976 bits per heavy atom. The highest BCUT2D eigenvalue weighted by Gasteiger charge is 2.45. The minimum Gasteiger partial charge on any atom is -0.377 e. The van der Waals surface area contributed by atoms with Crippen molar-refractivity contribution < 1.29 is 14.3 Å². The van der Waals surface area contributed by atoms with Gasteiger partial charge in [0.25, 0.3) is 5.91 Å². The van der Waals surface area contributed by atoms with Gasteiger partial charge in [-0.3, -0.25) is 19.7 Å². The molecule has 3 aliphatic rings. The van der Waals surface area contributed by atoms with Crippen molar-refractivity contribution in [3.8, 4) is 22.4 Å². The number of rotatable bonds is 4. The molecule has 0 saturated carbocycles. The van der Waals surface area contributed by atoms with Gasteiger partial charge in [-0.15, -0.1) is 5.10 Å². The van der Waals surface area contributed by atoms with Gasteiger partial charge in [0.15, 0.2) is 11.4 Å². The number of H-pyrrole nitrogens is 1. The first-order valence-electron chi connectivity index (χ1n) is 14.1. The number of nitrogens with one attached hydrogen (secondary N) is 2. The third kappa shape index (κ3) is 3.97. The monoisotopic (exact) mass is 561 g/mol. The van der Waals surface area contributed by atoms with Crippen LogP contribution in [-0.2, 0) is 4.74 Å². The number of ether oxygens (including phenoxy) is 1. The van der Waals surface area contributed by atoms with Crippen LogP contribution in [0.3, 0.4) is 0 Å². The number of nitrogens with zero attached hydrogens (tertiary/aromatic N) is 7. The maximum atomic E-state index is 13.4. The lowest BCUT2D eigenvalue weighted by atomic mass is 9.80. The van der Waals surface area contributed by atoms with Gasteiger partial charge in [0.1, 0.15) is 12.1 Å². The van der Waals surface area contributed by atoms with E-state index < -0.39 is 0 Å². The molecule has 7 heterocycles. The van der Waals surface area contributed by atoms with Gasteiger partial charge in [0.2, 0.25) is 5.82 Å². The lowest BCUT2D eigenvalue weighted by molar-refractivity contribution is -0.0624. The van der Waals surface area contributed by atoms with E-state index in [4.69, 9.17) is 14.7 Å². The molecule has 1 aromatic carbocycles. The Hall–Kier alpha value is -4.97. The van der Waals surface area contributed by atoms with Crippen LogP contribution in [0.15, 0.2) is 61.2 Å². The molecule has 0 radical (unpaired) electrons. The SMILES string of the molecule is O=C1CCNc2c1c(C1C[C@H]3COC[C@@H](C1)N3C(=O)c1nc[nH]n1)nc1c(-c3ccc(-c4ccccc4)nc3)cnn21. The maximum Gasteiger partial charge on any atom is 0.294 e. The van der Waals surface area contributed by atoms with Gasteiger partial charge in [0.05, 0.1) is 48.4 Å². The highest BCUT2D eigenvalue weighted by atomic mass is 16.5. The standard InChI is InChI=1S/C30H27N9O3/c40-24-8-9-31-29-25(24)26(19-10-20-14-42-15-21(11-19)38(20)30(41)27-33-16-34-37-27)36-28-22(13-35-39(28)29)18-6-7-23(32-12-18)17-4-2-1-3-5-17/h1-7,12-13,16,19-21,31H,8-11,14-15H2,(H,33,34,37)/t19?,20-,21+. The van der Waals surface area contributed by atoms with E-state index in [9.17, 15) is 9.59 Å². The Labute approximate surface area is 240 Å². The molecule has 1 unspecified atom stereocenters. The first-order chi connectivity index (χ1) is 20.7. The number of Topliss-reactive ketones (excluding diaryl/α,β-unsaturated/α-hetero) is 1. The maximum absolute atomic E-state index is 13.4. The Morgan fingerprint density at radius 3 is 2.55 bits per heavy atom. The summed E-state index contributed by atoms with van der Waals surface area (Å²) in [5.74, 6) is 0.633. The summed E-state index contributed by atoms with van der Waals surface area (Å²) in [6.45, 7) is 1.37. The molecule has 2 N–H and O–H groups in total. The van der Waals surface area contributed by atoms with Crippen LogP contribution in [0.5, 0.6) is 0 Å². The number of ketones is 1. The van der Waals surface area contributed by atoms with Gasteiger partial charge in [0, 0.05) is 41.8 Å². The molecule has 0 spiro atoms. The van der Waals surface area contributed by atoms with E-state index in [0.717, 1.165) is 28.1 Å². The van der Waals surface area contributed by atoms with E-state index in [1.165, 1.54) is 6.33 Å². The topological polar surface area (TPSA) is 143 Å². The van der Waals surface area contributed by atoms with E-state index in [1.54, 1.807) is 10.7 Å². The molecule has 2 fully saturated rings. The molecule has 210 valence electrons. The first-order valence-corrected chi connectivity index (χ1v) is 14.1. The average molecular weight is 562 g/mol. The molecule has 5 aromatic rings. The number of benzene rings is 1. The van der Waals surface area contributed by atoms with Crippen molar-refractivity contribution in [1.82, 2.24) is 39.7 Å². The van der Waals surface area contributed by atoms with Gasteiger partial charge < -0.3 is 15.0 Å². The van der Waals surface area contributed by atoms with Crippen molar-refractivity contribution in [3.63, 3.8) is 0 Å². The molecule has 0 aliphatic carbocycles. The molecule has 8 rings (SSSR count). The molecule has 4 aromatic heterocycles. The van der Waals surface area contributed by atoms with E-state index in [2.05, 4.69) is 25.6 Å². The molecule has 2 bridgehead atoms. The zero-order chi connectivity index (χ0) is 28.2. The van der Waals surface area contributed by atoms with Crippen LogP contribution in [-0.4, -0.2) is 83.2 Å². The molecule has 42 heavy (non-hydrogen) atoms. The number of morpholine rings is 1. The van der Waals surface area contributed by atoms with Gasteiger partial charge in [-0.25, -0.2) is 9.97 Å². The highest BCUT2D eigenvalue weighted by molar-refractivity contribution is 6.04. The van der Waals surface area contributed by atoms with E-state index >= 15 is 0 Å². The summed E-state index contributed by atoms with van der Waals surface area (Å²) in [5, 5.41) is 14.7. The number of hydrogen-bond acceptors (Lipinski definition) is 9. The number of pyridine rings is 1. The smallest absolute Gasteiger partial charge is 0.294 e. The Bertz CT molecular complexity index is 1790. The zero-order valence-corrected chi connectivity index (χ0v) is 22.6. The van der Waals surface area contributed by atoms with E-state index in [-0.39, 0.29) is 35.5 Å². The predicted octanol–water partition coefficient (Wildman–Crippen LogP) is 3.36. The van der Waals surface area contributed by atoms with Crippen molar-refractivity contribution in [2.75, 3.05) is 25.1 Å². The summed E-state index contributed by atoms with van der Waals surface area (Å²) in [6.07, 6.45) is 6.66. The van der Waals surface area contributed by atoms with Crippen LogP contribution in [0.25, 0.3) is 28.0 Å². The van der Waals surface area contributed by atoms with E-state index in [1.807, 2.05) is 53.6 Å². The summed E-state index contributed by atoms with van der Waals surface area (Å²) >= 11 is 0. The molecule has 2 saturated heterocycles. The number of anilines is 1. The number of carbonyl (C=O) groups is 2. The van der Waals surface area contributed by atoms with Gasteiger partial charge in [-0.2, -0.15) is 9.61 Å². The minimum atomic E-state index is -0.208. The second-order valence-corrected chi connectivity index (χ2v) is 11.0. The molecular weight excluding hydrogens is 534 g/mol. The van der Waals surface area contributed by atoms with Crippen LogP contribution >= 0.6 is 0 Å². The van der Waals surface area contributed by atoms with Gasteiger partial charge in [-0.1, -0.05) is 36.4 Å². The van der Waals surface area contributed by atoms with Crippen molar-refractivity contribution in [2.45, 2.75) is 37.3 Å². The van der Waals surface area contributed by atoms with Crippen molar-refractivity contribution >= 4 is 23.2 Å². The first kappa shape index (κ1) is 24.8. The molecule has 3 aliphatic heterocycles. The summed E-state index contributed by atoms with van der Waals surface area (Å²) in [4.78, 5) is 42.5. The largest absolute Gasteiger partial charge is 0.377 e. The normalized spacial score (nSPS) is 21.7. The summed E-state index contributed by atoms with van der Waals surface area (Å²) in [7, 11) is 0. The molecule has 3 atom stereocenters. The predicted molar refractivity (Wildman–Crippen MR) is 152 cm³/mol. The van der Waals surface area contributed by atoms with Gasteiger partial charge >= 0.3 is 0 Å². The quantitative estimate of drug-likeness (QED) is 0.338. The second-order valence-electron chi connectivity index (χ2n) is 11.0. The lowest BCUT2D eigenvalue weighted by Crippen LogP contribution is -2.59. The number of amides is 1. The van der Waals surface area contributed by atoms with Crippen LogP contribution in [0, 0.1) is 0 Å². The molecule has 1 amide bonds. The number of piperidine rings is 1. The van der Waals surface area contributed by atoms with Crippen LogP contribution in [0.1, 0.15) is 51.9 Å². The zero-order valence-electron chi connectivity index (χ0n) is 22.6. The lowest BCUT2D eigenvalue weighted by Gasteiger charge is -2.48. The Morgan fingerprint density at radius 2 is 1.81 bits per heavy atom. The third-order valence-electron chi connectivity index (χ3n) is 8.49. The van der Waals surface area contributed by atoms with Crippen molar-refractivity contribution in [1.29, 1.82) is 0 Å². The van der Waals surface area contributed by atoms with Crippen molar-refractivity contribution in [3.05, 3.63) is 78.3 Å². The number of fused-ring (bicyclic) bond motifs is 5. The Kier molecular flexibility index (Phi) is 5.81. The Balaban J connectivity index is 1.19. The van der Waals surface area contributed by atoms with Crippen LogP contribution < -0.4 is 5.32 Å². The van der Waals surface area contributed by atoms with Gasteiger partial charge in [-0.05, 0) is 18.9 Å². The van der Waals surface area contributed by atoms with Crippen molar-refractivity contribution in [2.24, 2.45) is 0 Å². The third-order valence-corrected chi connectivity index (χ3v) is 8.49. The number of aromatic nitrogens is 7. The highest BCUT2D eigenvalue weighted by Crippen LogP contribution is 2.42. The van der Waals surface area contributed by atoms with Crippen LogP contribution in [0.4, 0.5) is 5.82 Å². The molecule has 12 heteroatoms. The summed E-state index contributed by atoms with van der Waals surface area (Å²) in [5.41, 5.74) is 5.68.